The van der Waals surface area contributed by atoms with Gasteiger partial charge < -0.3 is 10.4 Å². The molecule has 3 aromatic rings. The molecule has 0 saturated heterocycles. The third-order valence-corrected chi connectivity index (χ3v) is 5.71. The molecule has 1 heterocycles. The van der Waals surface area contributed by atoms with Crippen LogP contribution in [0.5, 0.6) is 0 Å². The molecule has 0 unspecified atom stereocenters. The first kappa shape index (κ1) is 20.4. The van der Waals surface area contributed by atoms with Gasteiger partial charge in [-0.1, -0.05) is 61.8 Å². The number of hydrogen-bond donors (Lipinski definition) is 2. The van der Waals surface area contributed by atoms with Crippen LogP contribution in [0.25, 0.3) is 11.3 Å². The molecule has 0 fully saturated rings. The topological polar surface area (TPSA) is 62.2 Å². The lowest BCUT2D eigenvalue weighted by molar-refractivity contribution is -0.136. The Morgan fingerprint density at radius 1 is 1.14 bits per heavy atom. The van der Waals surface area contributed by atoms with Crippen molar-refractivity contribution in [1.29, 1.82) is 0 Å². The van der Waals surface area contributed by atoms with E-state index in [0.717, 1.165) is 33.3 Å². The summed E-state index contributed by atoms with van der Waals surface area (Å²) in [5, 5.41) is 13.4. The van der Waals surface area contributed by atoms with Gasteiger partial charge in [-0.2, -0.15) is 0 Å². The van der Waals surface area contributed by atoms with Crippen molar-refractivity contribution >= 4 is 34.0 Å². The van der Waals surface area contributed by atoms with E-state index in [4.69, 9.17) is 21.7 Å². The number of carbonyl (C=O) groups is 1. The lowest BCUT2D eigenvalue weighted by Gasteiger charge is -2.07. The van der Waals surface area contributed by atoms with Crippen LogP contribution in [0.15, 0.2) is 48.5 Å². The number of thiazole rings is 1. The maximum absolute atomic E-state index is 10.8. The number of rotatable bonds is 8. The van der Waals surface area contributed by atoms with Gasteiger partial charge in [0.1, 0.15) is 0 Å². The van der Waals surface area contributed by atoms with Gasteiger partial charge in [-0.05, 0) is 29.2 Å². The number of hydrogen-bond acceptors (Lipinski definition) is 4. The van der Waals surface area contributed by atoms with Gasteiger partial charge >= 0.3 is 5.97 Å². The number of carboxylic acid groups (broad SMARTS) is 1. The summed E-state index contributed by atoms with van der Waals surface area (Å²) in [6, 6.07) is 16.3. The van der Waals surface area contributed by atoms with Crippen LogP contribution < -0.4 is 5.32 Å². The van der Waals surface area contributed by atoms with Crippen molar-refractivity contribution in [1.82, 2.24) is 4.98 Å². The molecule has 0 atom stereocenters. The number of aromatic nitrogens is 1. The number of nitrogens with one attached hydrogen (secondary N) is 1. The van der Waals surface area contributed by atoms with Crippen molar-refractivity contribution in [2.75, 3.05) is 11.9 Å². The first-order valence-corrected chi connectivity index (χ1v) is 10.4. The van der Waals surface area contributed by atoms with Crippen molar-refractivity contribution in [2.24, 2.45) is 0 Å². The van der Waals surface area contributed by atoms with E-state index in [1.54, 1.807) is 11.3 Å². The minimum Gasteiger partial charge on any atom is -0.481 e. The monoisotopic (exact) mass is 414 g/mol. The fraction of sp³-hybridized carbons (Fsp3) is 0.273. The van der Waals surface area contributed by atoms with Gasteiger partial charge in [0.05, 0.1) is 12.1 Å². The fourth-order valence-corrected chi connectivity index (χ4v) is 4.03. The fourth-order valence-electron chi connectivity index (χ4n) is 2.86. The van der Waals surface area contributed by atoms with Crippen LogP contribution in [0.2, 0.25) is 5.02 Å². The van der Waals surface area contributed by atoms with Crippen LogP contribution in [0.3, 0.4) is 0 Å². The Balaban J connectivity index is 1.89. The summed E-state index contributed by atoms with van der Waals surface area (Å²) >= 11 is 7.57. The Kier molecular flexibility index (Phi) is 6.70. The lowest BCUT2D eigenvalue weighted by Crippen LogP contribution is -2.07. The van der Waals surface area contributed by atoms with Crippen LogP contribution in [0.4, 0.5) is 5.13 Å². The van der Waals surface area contributed by atoms with Crippen LogP contribution in [0.1, 0.15) is 42.2 Å². The van der Waals surface area contributed by atoms with Crippen LogP contribution in [-0.4, -0.2) is 22.6 Å². The molecule has 0 bridgehead atoms. The molecule has 0 spiro atoms. The predicted molar refractivity (Wildman–Crippen MR) is 117 cm³/mol. The van der Waals surface area contributed by atoms with Gasteiger partial charge in [0.15, 0.2) is 5.13 Å². The Morgan fingerprint density at radius 2 is 1.82 bits per heavy atom. The van der Waals surface area contributed by atoms with Crippen molar-refractivity contribution in [3.8, 4) is 11.3 Å². The number of anilines is 1. The lowest BCUT2D eigenvalue weighted by atomic mass is 10.00. The molecule has 0 aliphatic heterocycles. The minimum atomic E-state index is -0.824. The van der Waals surface area contributed by atoms with E-state index in [1.807, 2.05) is 24.3 Å². The summed E-state index contributed by atoms with van der Waals surface area (Å²) in [5.41, 5.74) is 4.45. The zero-order valence-electron chi connectivity index (χ0n) is 15.9. The average molecular weight is 415 g/mol. The molecule has 6 heteroatoms. The molecule has 4 nitrogen and oxygen atoms in total. The van der Waals surface area contributed by atoms with E-state index < -0.39 is 5.97 Å². The molecule has 2 aromatic carbocycles. The second-order valence-corrected chi connectivity index (χ2v) is 8.46. The first-order chi connectivity index (χ1) is 13.4. The van der Waals surface area contributed by atoms with E-state index in [9.17, 15) is 4.79 Å². The standard InChI is InChI=1S/C22H23ClN2O2S/c1-14(2)16-5-7-17(8-6-16)21-19(13-15-3-9-18(23)10-4-15)28-22(25-21)24-12-11-20(26)27/h3-10,14H,11-13H2,1-2H3,(H,24,25)(H,26,27). The van der Waals surface area contributed by atoms with Gasteiger partial charge in [-0.25, -0.2) is 4.98 Å². The molecule has 28 heavy (non-hydrogen) atoms. The Morgan fingerprint density at radius 3 is 2.43 bits per heavy atom. The first-order valence-electron chi connectivity index (χ1n) is 9.22. The quantitative estimate of drug-likeness (QED) is 0.470. The maximum Gasteiger partial charge on any atom is 0.305 e. The Hall–Kier alpha value is -2.37. The van der Waals surface area contributed by atoms with Gasteiger partial charge in [0.2, 0.25) is 0 Å². The largest absolute Gasteiger partial charge is 0.481 e. The van der Waals surface area contributed by atoms with E-state index in [2.05, 4.69) is 43.4 Å². The minimum absolute atomic E-state index is 0.0600. The third kappa shape index (κ3) is 5.33. The molecule has 0 saturated carbocycles. The molecular formula is C22H23ClN2O2S. The zero-order chi connectivity index (χ0) is 20.1. The predicted octanol–water partition coefficient (Wildman–Crippen LogP) is 6.06. The maximum atomic E-state index is 10.8. The molecule has 0 aliphatic rings. The van der Waals surface area contributed by atoms with Crippen molar-refractivity contribution in [3.63, 3.8) is 0 Å². The summed E-state index contributed by atoms with van der Waals surface area (Å²) < 4.78 is 0. The van der Waals surface area contributed by atoms with Crippen molar-refractivity contribution in [3.05, 3.63) is 69.6 Å². The number of aliphatic carboxylic acids is 1. The number of carboxylic acids is 1. The van der Waals surface area contributed by atoms with Crippen LogP contribution in [-0.2, 0) is 11.2 Å². The molecule has 1 aromatic heterocycles. The molecule has 0 radical (unpaired) electrons. The van der Waals surface area contributed by atoms with Crippen LogP contribution >= 0.6 is 22.9 Å². The van der Waals surface area contributed by atoms with Gasteiger partial charge in [-0.3, -0.25) is 4.79 Å². The second kappa shape index (κ2) is 9.22. The van der Waals surface area contributed by atoms with E-state index >= 15 is 0 Å². The number of halogens is 1. The Bertz CT molecular complexity index is 934. The highest BCUT2D eigenvalue weighted by atomic mass is 35.5. The zero-order valence-corrected chi connectivity index (χ0v) is 17.5. The van der Waals surface area contributed by atoms with Gasteiger partial charge in [0.25, 0.3) is 0 Å². The SMILES string of the molecule is CC(C)c1ccc(-c2nc(NCCC(=O)O)sc2Cc2ccc(Cl)cc2)cc1. The molecule has 0 amide bonds. The third-order valence-electron chi connectivity index (χ3n) is 4.44. The summed E-state index contributed by atoms with van der Waals surface area (Å²) in [4.78, 5) is 16.7. The van der Waals surface area contributed by atoms with Crippen molar-refractivity contribution in [2.45, 2.75) is 32.6 Å². The van der Waals surface area contributed by atoms with Crippen LogP contribution in [0, 0.1) is 0 Å². The van der Waals surface area contributed by atoms with E-state index in [1.165, 1.54) is 5.56 Å². The van der Waals surface area contributed by atoms with Gasteiger partial charge in [-0.15, -0.1) is 11.3 Å². The highest BCUT2D eigenvalue weighted by Crippen LogP contribution is 2.34. The number of benzene rings is 2. The average Bonchev–Trinajstić information content (AvgIpc) is 3.06. The molecule has 0 aliphatic carbocycles. The second-order valence-electron chi connectivity index (χ2n) is 6.94. The molecular weight excluding hydrogens is 392 g/mol. The smallest absolute Gasteiger partial charge is 0.305 e. The summed E-state index contributed by atoms with van der Waals surface area (Å²) in [6.45, 7) is 4.71. The molecule has 3 rings (SSSR count). The molecule has 146 valence electrons. The Labute approximate surface area is 174 Å². The summed E-state index contributed by atoms with van der Waals surface area (Å²) in [6.07, 6.45) is 0.807. The van der Waals surface area contributed by atoms with E-state index in [0.29, 0.717) is 17.5 Å². The van der Waals surface area contributed by atoms with E-state index in [-0.39, 0.29) is 6.42 Å². The summed E-state index contributed by atoms with van der Waals surface area (Å²) in [7, 11) is 0. The highest BCUT2D eigenvalue weighted by molar-refractivity contribution is 7.16. The number of nitrogens with zero attached hydrogens (tertiary/aromatic N) is 1. The van der Waals surface area contributed by atoms with Gasteiger partial charge in [0, 0.05) is 28.4 Å². The molecule has 2 N–H and O–H groups in total. The van der Waals surface area contributed by atoms with Crippen molar-refractivity contribution < 1.29 is 9.90 Å². The normalized spacial score (nSPS) is 11.0. The summed E-state index contributed by atoms with van der Waals surface area (Å²) in [5.74, 6) is -0.346. The highest BCUT2D eigenvalue weighted by Gasteiger charge is 2.14.